The van der Waals surface area contributed by atoms with Gasteiger partial charge in [-0.15, -0.1) is 0 Å². The van der Waals surface area contributed by atoms with E-state index in [1.54, 1.807) is 12.0 Å². The minimum atomic E-state index is -0.981. The zero-order valence-corrected chi connectivity index (χ0v) is 27.5. The topological polar surface area (TPSA) is 120 Å². The number of carbonyl (C=O) groups excluding carboxylic acids is 3. The van der Waals surface area contributed by atoms with Crippen LogP contribution in [0.15, 0.2) is 84.9 Å². The minimum Gasteiger partial charge on any atom is -0.497 e. The number of aliphatic hydroxyl groups excluding tert-OH is 1. The third kappa shape index (κ3) is 9.42. The standard InChI is InChI=1S/C38H48N4O5/c1-27(43)41-38(24-30-16-17-30)20-21-42(37(38)46)34(19-18-28-10-5-3-6-11-28)36(45)40-33(23-29-12-7-4-8-13-29)35(44)26-39-25-31-14-9-15-32(22-31)47-2/h3-15,22,30,33-35,39,44H,16-21,23-26H2,1-2H3,(H,40,45)(H,41,43)/t33-,34-,35?,38+/m0/s1. The number of rotatable bonds is 17. The highest BCUT2D eigenvalue weighted by atomic mass is 16.5. The van der Waals surface area contributed by atoms with E-state index in [0.717, 1.165) is 35.3 Å². The molecule has 250 valence electrons. The Morgan fingerprint density at radius 3 is 2.32 bits per heavy atom. The number of nitrogens with one attached hydrogen (secondary N) is 3. The van der Waals surface area contributed by atoms with Crippen LogP contribution in [0.25, 0.3) is 0 Å². The average molecular weight is 641 g/mol. The molecule has 9 nitrogen and oxygen atoms in total. The maximum atomic E-state index is 14.3. The van der Waals surface area contributed by atoms with Crippen LogP contribution in [0.4, 0.5) is 0 Å². The number of carbonyl (C=O) groups is 3. The summed E-state index contributed by atoms with van der Waals surface area (Å²) in [4.78, 5) is 42.4. The van der Waals surface area contributed by atoms with Crippen molar-refractivity contribution in [2.45, 2.75) is 82.1 Å². The van der Waals surface area contributed by atoms with Gasteiger partial charge in [-0.25, -0.2) is 0 Å². The van der Waals surface area contributed by atoms with Crippen LogP contribution in [-0.4, -0.2) is 71.7 Å². The van der Waals surface area contributed by atoms with Gasteiger partial charge in [0.15, 0.2) is 0 Å². The predicted octanol–water partition coefficient (Wildman–Crippen LogP) is 3.78. The van der Waals surface area contributed by atoms with Crippen molar-refractivity contribution >= 4 is 17.7 Å². The van der Waals surface area contributed by atoms with Crippen LogP contribution in [0, 0.1) is 5.92 Å². The number of ether oxygens (including phenoxy) is 1. The number of nitrogens with zero attached hydrogens (tertiary/aromatic N) is 1. The molecule has 1 heterocycles. The molecule has 1 aliphatic carbocycles. The van der Waals surface area contributed by atoms with Gasteiger partial charge in [-0.3, -0.25) is 14.4 Å². The van der Waals surface area contributed by atoms with Gasteiger partial charge in [0.1, 0.15) is 17.3 Å². The van der Waals surface area contributed by atoms with Gasteiger partial charge >= 0.3 is 0 Å². The second-order valence-electron chi connectivity index (χ2n) is 13.1. The molecular formula is C38H48N4O5. The molecule has 3 aromatic rings. The lowest BCUT2D eigenvalue weighted by Gasteiger charge is -2.33. The van der Waals surface area contributed by atoms with Gasteiger partial charge in [0.05, 0.1) is 19.3 Å². The predicted molar refractivity (Wildman–Crippen MR) is 182 cm³/mol. The van der Waals surface area contributed by atoms with Crippen molar-refractivity contribution in [3.8, 4) is 5.75 Å². The SMILES string of the molecule is COc1cccc(CNCC(O)[C@H](Cc2ccccc2)NC(=O)[C@H](CCc2ccccc2)N2CC[C@](CC3CC3)(NC(C)=O)C2=O)c1. The summed E-state index contributed by atoms with van der Waals surface area (Å²) in [6.07, 6.45) is 3.72. The molecule has 0 aromatic heterocycles. The van der Waals surface area contributed by atoms with Gasteiger partial charge in [0.2, 0.25) is 17.7 Å². The van der Waals surface area contributed by atoms with Gasteiger partial charge in [-0.2, -0.15) is 0 Å². The van der Waals surface area contributed by atoms with Crippen molar-refractivity contribution in [3.05, 3.63) is 102 Å². The number of hydrogen-bond acceptors (Lipinski definition) is 6. The van der Waals surface area contributed by atoms with Crippen molar-refractivity contribution in [1.82, 2.24) is 20.9 Å². The summed E-state index contributed by atoms with van der Waals surface area (Å²) in [6.45, 7) is 2.60. The maximum Gasteiger partial charge on any atom is 0.249 e. The first-order chi connectivity index (χ1) is 22.8. The summed E-state index contributed by atoms with van der Waals surface area (Å²) in [5.74, 6) is 0.451. The molecule has 2 fully saturated rings. The van der Waals surface area contributed by atoms with E-state index >= 15 is 0 Å². The molecule has 3 amide bonds. The molecule has 4 N–H and O–H groups in total. The number of hydrogen-bond donors (Lipinski definition) is 4. The first-order valence-electron chi connectivity index (χ1n) is 16.8. The van der Waals surface area contributed by atoms with Crippen LogP contribution < -0.4 is 20.7 Å². The summed E-state index contributed by atoms with van der Waals surface area (Å²) in [7, 11) is 1.63. The molecule has 0 spiro atoms. The highest BCUT2D eigenvalue weighted by molar-refractivity contribution is 5.96. The van der Waals surface area contributed by atoms with E-state index in [9.17, 15) is 19.5 Å². The first kappa shape index (κ1) is 34.1. The molecule has 1 unspecified atom stereocenters. The van der Waals surface area contributed by atoms with E-state index in [1.807, 2.05) is 84.9 Å². The first-order valence-corrected chi connectivity index (χ1v) is 16.8. The van der Waals surface area contributed by atoms with Crippen LogP contribution in [0.2, 0.25) is 0 Å². The molecule has 2 aliphatic rings. The zero-order valence-electron chi connectivity index (χ0n) is 27.5. The summed E-state index contributed by atoms with van der Waals surface area (Å²) in [5, 5.41) is 20.9. The molecule has 5 rings (SSSR count). The molecule has 0 bridgehead atoms. The zero-order chi connectivity index (χ0) is 33.2. The van der Waals surface area contributed by atoms with Crippen molar-refractivity contribution in [1.29, 1.82) is 0 Å². The third-order valence-electron chi connectivity index (χ3n) is 9.33. The number of likely N-dealkylation sites (tertiary alicyclic amines) is 1. The Morgan fingerprint density at radius 1 is 0.979 bits per heavy atom. The number of benzene rings is 3. The molecule has 1 saturated heterocycles. The quantitative estimate of drug-likeness (QED) is 0.178. The van der Waals surface area contributed by atoms with Crippen LogP contribution >= 0.6 is 0 Å². The fraction of sp³-hybridized carbons (Fsp3) is 0.447. The number of methoxy groups -OCH3 is 1. The summed E-state index contributed by atoms with van der Waals surface area (Å²) < 4.78 is 5.33. The average Bonchev–Trinajstić information content (AvgIpc) is 3.84. The molecule has 1 aliphatic heterocycles. The number of aliphatic hydroxyl groups is 1. The largest absolute Gasteiger partial charge is 0.497 e. The lowest BCUT2D eigenvalue weighted by Crippen LogP contribution is -2.59. The molecule has 47 heavy (non-hydrogen) atoms. The van der Waals surface area contributed by atoms with Gasteiger partial charge in [0.25, 0.3) is 0 Å². The fourth-order valence-corrected chi connectivity index (χ4v) is 6.70. The Balaban J connectivity index is 1.34. The monoisotopic (exact) mass is 640 g/mol. The molecular weight excluding hydrogens is 592 g/mol. The van der Waals surface area contributed by atoms with E-state index in [1.165, 1.54) is 6.92 Å². The second kappa shape index (κ2) is 16.1. The van der Waals surface area contributed by atoms with Crippen molar-refractivity contribution in [2.75, 3.05) is 20.2 Å². The van der Waals surface area contributed by atoms with E-state index in [-0.39, 0.29) is 24.3 Å². The molecule has 4 atom stereocenters. The van der Waals surface area contributed by atoms with Crippen LogP contribution in [0.5, 0.6) is 5.75 Å². The smallest absolute Gasteiger partial charge is 0.249 e. The number of aryl methyl sites for hydroxylation is 1. The molecule has 0 radical (unpaired) electrons. The fourth-order valence-electron chi connectivity index (χ4n) is 6.70. The normalized spacial score (nSPS) is 19.6. The lowest BCUT2D eigenvalue weighted by atomic mass is 9.90. The Morgan fingerprint density at radius 2 is 1.66 bits per heavy atom. The molecule has 9 heteroatoms. The molecule has 1 saturated carbocycles. The minimum absolute atomic E-state index is 0.187. The van der Waals surface area contributed by atoms with Gasteiger partial charge in [0, 0.05) is 26.6 Å². The van der Waals surface area contributed by atoms with E-state index in [4.69, 9.17) is 4.74 Å². The van der Waals surface area contributed by atoms with Crippen molar-refractivity contribution in [2.24, 2.45) is 5.92 Å². The van der Waals surface area contributed by atoms with E-state index < -0.39 is 23.7 Å². The summed E-state index contributed by atoms with van der Waals surface area (Å²) >= 11 is 0. The Bertz CT molecular complexity index is 1480. The summed E-state index contributed by atoms with van der Waals surface area (Å²) in [5.41, 5.74) is 2.09. The Kier molecular flexibility index (Phi) is 11.7. The van der Waals surface area contributed by atoms with Gasteiger partial charge in [-0.05, 0) is 66.8 Å². The third-order valence-corrected chi connectivity index (χ3v) is 9.33. The van der Waals surface area contributed by atoms with Crippen molar-refractivity contribution < 1.29 is 24.2 Å². The van der Waals surface area contributed by atoms with Crippen molar-refractivity contribution in [3.63, 3.8) is 0 Å². The van der Waals surface area contributed by atoms with Crippen LogP contribution in [0.1, 0.15) is 55.7 Å². The van der Waals surface area contributed by atoms with Gasteiger partial charge < -0.3 is 30.7 Å². The Labute approximate surface area is 278 Å². The summed E-state index contributed by atoms with van der Waals surface area (Å²) in [6, 6.07) is 26.1. The van der Waals surface area contributed by atoms with E-state index in [0.29, 0.717) is 51.1 Å². The Hall–Kier alpha value is -4.21. The maximum absolute atomic E-state index is 14.3. The second-order valence-corrected chi connectivity index (χ2v) is 13.1. The molecule has 3 aromatic carbocycles. The van der Waals surface area contributed by atoms with Crippen LogP contribution in [-0.2, 0) is 33.8 Å². The number of amides is 3. The van der Waals surface area contributed by atoms with Crippen LogP contribution in [0.3, 0.4) is 0 Å². The highest BCUT2D eigenvalue weighted by Crippen LogP contribution is 2.41. The highest BCUT2D eigenvalue weighted by Gasteiger charge is 2.52. The van der Waals surface area contributed by atoms with E-state index in [2.05, 4.69) is 16.0 Å². The van der Waals surface area contributed by atoms with Gasteiger partial charge in [-0.1, -0.05) is 85.6 Å². The lowest BCUT2D eigenvalue weighted by molar-refractivity contribution is -0.143.